The maximum atomic E-state index is 12.3. The molecule has 12 heteroatoms. The Labute approximate surface area is 187 Å². The monoisotopic (exact) mass is 458 g/mol. The molecule has 0 saturated carbocycles. The predicted octanol–water partition coefficient (Wildman–Crippen LogP) is 3.84. The zero-order valence-corrected chi connectivity index (χ0v) is 16.8. The molecule has 0 unspecified atom stereocenters. The third kappa shape index (κ3) is 3.54. The molecular weight excluding hydrogens is 448 g/mol. The molecule has 2 heterocycles. The van der Waals surface area contributed by atoms with Gasteiger partial charge in [-0.15, -0.1) is 0 Å². The van der Waals surface area contributed by atoms with Gasteiger partial charge in [0.1, 0.15) is 0 Å². The minimum absolute atomic E-state index is 0.00173. The molecule has 0 N–H and O–H groups in total. The fourth-order valence-corrected chi connectivity index (χ4v) is 3.35. The molecule has 34 heavy (non-hydrogen) atoms. The van der Waals surface area contributed by atoms with Gasteiger partial charge in [0, 0.05) is 35.4 Å². The molecule has 0 atom stereocenters. The van der Waals surface area contributed by atoms with Gasteiger partial charge in [0.05, 0.1) is 31.7 Å². The molecule has 0 aliphatic heterocycles. The van der Waals surface area contributed by atoms with Crippen molar-refractivity contribution >= 4 is 33.2 Å². The summed E-state index contributed by atoms with van der Waals surface area (Å²) in [5.74, 6) is -0.00345. The van der Waals surface area contributed by atoms with Crippen LogP contribution in [0.15, 0.2) is 79.1 Å². The van der Waals surface area contributed by atoms with E-state index in [-0.39, 0.29) is 45.0 Å². The third-order valence-electron chi connectivity index (χ3n) is 5.02. The minimum Gasteiger partial charge on any atom is -0.403 e. The van der Waals surface area contributed by atoms with Gasteiger partial charge in [0.2, 0.25) is 11.8 Å². The van der Waals surface area contributed by atoms with Gasteiger partial charge in [-0.25, -0.2) is 19.6 Å². The molecule has 2 aromatic heterocycles. The molecular formula is C22H10N4O8. The maximum absolute atomic E-state index is 12.3. The van der Waals surface area contributed by atoms with E-state index in [4.69, 9.17) is 8.83 Å². The van der Waals surface area contributed by atoms with Crippen LogP contribution in [0.1, 0.15) is 0 Å². The van der Waals surface area contributed by atoms with Crippen molar-refractivity contribution in [2.24, 2.45) is 0 Å². The first-order valence-corrected chi connectivity index (χ1v) is 9.59. The Morgan fingerprint density at radius 3 is 1.35 bits per heavy atom. The van der Waals surface area contributed by atoms with Crippen LogP contribution in [0.25, 0.3) is 44.7 Å². The molecule has 3 aromatic carbocycles. The molecule has 0 fully saturated rings. The summed E-state index contributed by atoms with van der Waals surface area (Å²) in [6.45, 7) is 0. The van der Waals surface area contributed by atoms with E-state index in [1.807, 2.05) is 0 Å². The van der Waals surface area contributed by atoms with Crippen molar-refractivity contribution in [3.63, 3.8) is 0 Å². The van der Waals surface area contributed by atoms with Crippen molar-refractivity contribution < 1.29 is 18.7 Å². The molecule has 0 aliphatic carbocycles. The van der Waals surface area contributed by atoms with Gasteiger partial charge >= 0.3 is 11.3 Å². The van der Waals surface area contributed by atoms with Crippen LogP contribution >= 0.6 is 0 Å². The van der Waals surface area contributed by atoms with Crippen molar-refractivity contribution in [2.45, 2.75) is 0 Å². The van der Waals surface area contributed by atoms with Crippen LogP contribution in [0.4, 0.5) is 11.4 Å². The summed E-state index contributed by atoms with van der Waals surface area (Å²) in [6.07, 6.45) is 0. The molecule has 5 rings (SSSR count). The molecule has 0 saturated heterocycles. The average molecular weight is 458 g/mol. The number of rotatable bonds is 4. The fraction of sp³-hybridized carbons (Fsp3) is 0. The molecule has 5 aromatic rings. The Kier molecular flexibility index (Phi) is 4.68. The van der Waals surface area contributed by atoms with Crippen LogP contribution in [0.3, 0.4) is 0 Å². The number of nitrogens with zero attached hydrogens (tertiary/aromatic N) is 4. The fourth-order valence-electron chi connectivity index (χ4n) is 3.35. The first-order valence-electron chi connectivity index (χ1n) is 9.59. The van der Waals surface area contributed by atoms with E-state index >= 15 is 0 Å². The van der Waals surface area contributed by atoms with Crippen LogP contribution in [-0.2, 0) is 0 Å². The van der Waals surface area contributed by atoms with Crippen molar-refractivity contribution in [2.75, 3.05) is 0 Å². The quantitative estimate of drug-likeness (QED) is 0.284. The molecule has 0 aliphatic rings. The standard InChI is InChI=1S/C22H10N4O8/c27-21-15-9-13(25(29)30)5-7-17(15)23-19(33-21)11-1-2-12(4-3-11)20-24-18-8-6-14(26(31)32)10-16(18)22(28)34-20/h1-10H. The Hall–Kier alpha value is -5.26. The van der Waals surface area contributed by atoms with E-state index < -0.39 is 21.1 Å². The lowest BCUT2D eigenvalue weighted by molar-refractivity contribution is -0.384. The summed E-state index contributed by atoms with van der Waals surface area (Å²) in [4.78, 5) is 53.8. The van der Waals surface area contributed by atoms with Crippen molar-refractivity contribution in [1.29, 1.82) is 0 Å². The molecule has 166 valence electrons. The lowest BCUT2D eigenvalue weighted by atomic mass is 10.1. The van der Waals surface area contributed by atoms with Gasteiger partial charge in [-0.2, -0.15) is 0 Å². The van der Waals surface area contributed by atoms with E-state index in [9.17, 15) is 29.8 Å². The largest absolute Gasteiger partial charge is 0.403 e. The predicted molar refractivity (Wildman–Crippen MR) is 118 cm³/mol. The van der Waals surface area contributed by atoms with Crippen molar-refractivity contribution in [3.05, 3.63) is 102 Å². The third-order valence-corrected chi connectivity index (χ3v) is 5.02. The van der Waals surface area contributed by atoms with E-state index in [0.717, 1.165) is 12.1 Å². The Morgan fingerprint density at radius 2 is 1.00 bits per heavy atom. The van der Waals surface area contributed by atoms with Gasteiger partial charge in [-0.05, 0) is 36.4 Å². The topological polar surface area (TPSA) is 172 Å². The summed E-state index contributed by atoms with van der Waals surface area (Å²) in [7, 11) is 0. The second kappa shape index (κ2) is 7.70. The Bertz CT molecular complexity index is 1630. The minimum atomic E-state index is -0.774. The number of nitro groups is 2. The highest BCUT2D eigenvalue weighted by Gasteiger charge is 2.15. The molecule has 0 amide bonds. The first kappa shape index (κ1) is 20.6. The number of hydrogen-bond acceptors (Lipinski definition) is 10. The normalized spacial score (nSPS) is 11.1. The highest BCUT2D eigenvalue weighted by molar-refractivity contribution is 5.82. The lowest BCUT2D eigenvalue weighted by Crippen LogP contribution is -2.04. The van der Waals surface area contributed by atoms with E-state index in [1.165, 1.54) is 24.3 Å². The SMILES string of the molecule is O=c1oc(-c2ccc(-c3nc4ccc([N+](=O)[O-])cc4c(=O)o3)cc2)nc2ccc([N+](=O)[O-])cc12. The Balaban J connectivity index is 1.52. The van der Waals surface area contributed by atoms with Gasteiger partial charge in [0.15, 0.2) is 0 Å². The number of benzene rings is 3. The van der Waals surface area contributed by atoms with Crippen LogP contribution in [0.5, 0.6) is 0 Å². The summed E-state index contributed by atoms with van der Waals surface area (Å²) in [5.41, 5.74) is -0.724. The zero-order chi connectivity index (χ0) is 24.0. The number of hydrogen-bond donors (Lipinski definition) is 0. The molecule has 0 spiro atoms. The number of fused-ring (bicyclic) bond motifs is 2. The highest BCUT2D eigenvalue weighted by Crippen LogP contribution is 2.26. The van der Waals surface area contributed by atoms with Crippen LogP contribution in [0, 0.1) is 20.2 Å². The number of nitro benzene ring substituents is 2. The van der Waals surface area contributed by atoms with E-state index in [1.54, 1.807) is 24.3 Å². The smallest absolute Gasteiger partial charge is 0.347 e. The summed E-state index contributed by atoms with van der Waals surface area (Å²) in [6, 6.07) is 13.7. The van der Waals surface area contributed by atoms with Crippen LogP contribution < -0.4 is 11.3 Å². The zero-order valence-electron chi connectivity index (χ0n) is 16.8. The van der Waals surface area contributed by atoms with Gasteiger partial charge in [-0.3, -0.25) is 20.2 Å². The van der Waals surface area contributed by atoms with Crippen molar-refractivity contribution in [3.8, 4) is 22.9 Å². The maximum Gasteiger partial charge on any atom is 0.347 e. The average Bonchev–Trinajstić information content (AvgIpc) is 2.83. The number of non-ortho nitro benzene ring substituents is 2. The molecule has 0 radical (unpaired) electrons. The van der Waals surface area contributed by atoms with Crippen LogP contribution in [-0.4, -0.2) is 19.8 Å². The lowest BCUT2D eigenvalue weighted by Gasteiger charge is -2.04. The summed E-state index contributed by atoms with van der Waals surface area (Å²) < 4.78 is 10.5. The van der Waals surface area contributed by atoms with Gasteiger partial charge in [-0.1, -0.05) is 0 Å². The molecule has 0 bridgehead atoms. The van der Waals surface area contributed by atoms with E-state index in [2.05, 4.69) is 9.97 Å². The number of aromatic nitrogens is 2. The van der Waals surface area contributed by atoms with Gasteiger partial charge in [0.25, 0.3) is 11.4 Å². The van der Waals surface area contributed by atoms with Gasteiger partial charge < -0.3 is 8.83 Å². The second-order valence-electron chi connectivity index (χ2n) is 7.11. The molecule has 12 nitrogen and oxygen atoms in total. The highest BCUT2D eigenvalue weighted by atomic mass is 16.6. The van der Waals surface area contributed by atoms with E-state index in [0.29, 0.717) is 11.1 Å². The summed E-state index contributed by atoms with van der Waals surface area (Å²) in [5, 5.41) is 21.8. The van der Waals surface area contributed by atoms with Crippen molar-refractivity contribution in [1.82, 2.24) is 9.97 Å². The summed E-state index contributed by atoms with van der Waals surface area (Å²) >= 11 is 0. The first-order chi connectivity index (χ1) is 16.3. The Morgan fingerprint density at radius 1 is 0.618 bits per heavy atom. The van der Waals surface area contributed by atoms with Crippen LogP contribution in [0.2, 0.25) is 0 Å². The second-order valence-corrected chi connectivity index (χ2v) is 7.11.